The normalized spacial score (nSPS) is 19.7. The SMILES string of the molecule is O=C(OC[C@H]1O[C@@H](n2nc(Cl)ccc2=O)[C@H](OC(=O)c2ccccc2)[C@@H]1OC(=O)c1ccccc1)c1ccccc1. The minimum atomic E-state index is -1.38. The lowest BCUT2D eigenvalue weighted by Crippen LogP contribution is -2.42. The van der Waals surface area contributed by atoms with Crippen LogP contribution in [0.5, 0.6) is 0 Å². The molecule has 2 heterocycles. The van der Waals surface area contributed by atoms with Gasteiger partial charge in [0.1, 0.15) is 17.9 Å². The molecule has 11 heteroatoms. The third-order valence-corrected chi connectivity index (χ3v) is 6.41. The molecule has 0 amide bonds. The fourth-order valence-corrected chi connectivity index (χ4v) is 4.38. The molecule has 5 rings (SSSR count). The molecule has 10 nitrogen and oxygen atoms in total. The summed E-state index contributed by atoms with van der Waals surface area (Å²) in [6.07, 6.45) is -5.21. The monoisotopic (exact) mass is 574 g/mol. The average Bonchev–Trinajstić information content (AvgIpc) is 3.34. The van der Waals surface area contributed by atoms with Crippen molar-refractivity contribution in [2.75, 3.05) is 6.61 Å². The first-order valence-electron chi connectivity index (χ1n) is 12.6. The van der Waals surface area contributed by atoms with Crippen LogP contribution in [0.2, 0.25) is 5.15 Å². The molecule has 0 aliphatic carbocycles. The summed E-state index contributed by atoms with van der Waals surface area (Å²) in [4.78, 5) is 51.8. The number of carbonyl (C=O) groups is 3. The van der Waals surface area contributed by atoms with E-state index >= 15 is 0 Å². The average molecular weight is 575 g/mol. The zero-order valence-electron chi connectivity index (χ0n) is 21.4. The van der Waals surface area contributed by atoms with Crippen LogP contribution in [-0.4, -0.2) is 52.6 Å². The Morgan fingerprint density at radius 3 is 1.73 bits per heavy atom. The summed E-state index contributed by atoms with van der Waals surface area (Å²) in [5, 5.41) is 4.01. The Bertz CT molecular complexity index is 1580. The molecule has 1 saturated heterocycles. The molecule has 0 N–H and O–H groups in total. The highest BCUT2D eigenvalue weighted by Crippen LogP contribution is 2.34. The van der Waals surface area contributed by atoms with E-state index in [4.69, 9.17) is 30.5 Å². The van der Waals surface area contributed by atoms with Crippen LogP contribution in [0.1, 0.15) is 37.3 Å². The summed E-state index contributed by atoms with van der Waals surface area (Å²) < 4.78 is 24.1. The second kappa shape index (κ2) is 12.6. The van der Waals surface area contributed by atoms with Gasteiger partial charge in [-0.25, -0.2) is 14.4 Å². The Morgan fingerprint density at radius 2 is 1.20 bits per heavy atom. The summed E-state index contributed by atoms with van der Waals surface area (Å²) in [6.45, 7) is -0.397. The highest BCUT2D eigenvalue weighted by molar-refractivity contribution is 6.29. The topological polar surface area (TPSA) is 123 Å². The number of aromatic nitrogens is 2. The molecule has 208 valence electrons. The maximum atomic E-state index is 13.2. The second-order valence-corrected chi connectivity index (χ2v) is 9.33. The van der Waals surface area contributed by atoms with E-state index in [1.54, 1.807) is 91.0 Å². The van der Waals surface area contributed by atoms with Crippen molar-refractivity contribution in [2.45, 2.75) is 24.5 Å². The number of esters is 3. The quantitative estimate of drug-likeness (QED) is 0.226. The molecular formula is C30H23ClN2O8. The van der Waals surface area contributed by atoms with Crippen LogP contribution in [0.3, 0.4) is 0 Å². The van der Waals surface area contributed by atoms with Gasteiger partial charge in [-0.15, -0.1) is 0 Å². The van der Waals surface area contributed by atoms with Crippen molar-refractivity contribution in [2.24, 2.45) is 0 Å². The Balaban J connectivity index is 1.50. The summed E-state index contributed by atoms with van der Waals surface area (Å²) in [5.74, 6) is -2.16. The summed E-state index contributed by atoms with van der Waals surface area (Å²) in [6, 6.07) is 27.0. The maximum absolute atomic E-state index is 13.2. The number of ether oxygens (including phenoxy) is 4. The number of hydrogen-bond acceptors (Lipinski definition) is 9. The van der Waals surface area contributed by atoms with Crippen LogP contribution in [0.15, 0.2) is 108 Å². The molecule has 0 saturated carbocycles. The van der Waals surface area contributed by atoms with Crippen LogP contribution in [0.4, 0.5) is 0 Å². The lowest BCUT2D eigenvalue weighted by atomic mass is 10.1. The van der Waals surface area contributed by atoms with Crippen molar-refractivity contribution in [3.63, 3.8) is 0 Å². The molecule has 0 spiro atoms. The molecule has 4 aromatic rings. The Morgan fingerprint density at radius 1 is 0.707 bits per heavy atom. The van der Waals surface area contributed by atoms with Gasteiger partial charge in [-0.05, 0) is 42.5 Å². The summed E-state index contributed by atoms with van der Waals surface area (Å²) >= 11 is 6.06. The Hall–Kier alpha value is -4.80. The molecule has 1 fully saturated rings. The number of benzene rings is 3. The molecule has 1 aliphatic heterocycles. The number of hydrogen-bond donors (Lipinski definition) is 0. The highest BCUT2D eigenvalue weighted by Gasteiger charge is 2.52. The number of halogens is 1. The molecular weight excluding hydrogens is 552 g/mol. The van der Waals surface area contributed by atoms with Gasteiger partial charge in [-0.3, -0.25) is 4.79 Å². The zero-order chi connectivity index (χ0) is 28.8. The largest absolute Gasteiger partial charge is 0.459 e. The smallest absolute Gasteiger partial charge is 0.338 e. The predicted molar refractivity (Wildman–Crippen MR) is 145 cm³/mol. The van der Waals surface area contributed by atoms with Crippen molar-refractivity contribution in [3.8, 4) is 0 Å². The lowest BCUT2D eigenvalue weighted by Gasteiger charge is -2.24. The molecule has 1 aliphatic rings. The van der Waals surface area contributed by atoms with E-state index in [0.29, 0.717) is 5.56 Å². The first kappa shape index (κ1) is 27.8. The minimum Gasteiger partial charge on any atom is -0.459 e. The van der Waals surface area contributed by atoms with E-state index in [9.17, 15) is 19.2 Å². The minimum absolute atomic E-state index is 0.0295. The Labute approximate surface area is 239 Å². The van der Waals surface area contributed by atoms with E-state index in [2.05, 4.69) is 5.10 Å². The summed E-state index contributed by atoms with van der Waals surface area (Å²) in [5.41, 5.74) is 0.113. The number of carbonyl (C=O) groups excluding carboxylic acids is 3. The lowest BCUT2D eigenvalue weighted by molar-refractivity contribution is -0.0692. The van der Waals surface area contributed by atoms with Crippen molar-refractivity contribution < 1.29 is 33.3 Å². The third-order valence-electron chi connectivity index (χ3n) is 6.21. The molecule has 0 bridgehead atoms. The van der Waals surface area contributed by atoms with Crippen molar-refractivity contribution >= 4 is 29.5 Å². The van der Waals surface area contributed by atoms with Gasteiger partial charge < -0.3 is 18.9 Å². The third kappa shape index (κ3) is 6.51. The van der Waals surface area contributed by atoms with E-state index in [1.165, 1.54) is 12.1 Å². The maximum Gasteiger partial charge on any atom is 0.338 e. The molecule has 4 atom stereocenters. The molecule has 0 radical (unpaired) electrons. The predicted octanol–water partition coefficient (Wildman–Crippen LogP) is 4.10. The fraction of sp³-hybridized carbons (Fsp3) is 0.167. The van der Waals surface area contributed by atoms with Gasteiger partial charge in [0, 0.05) is 6.07 Å². The highest BCUT2D eigenvalue weighted by atomic mass is 35.5. The first-order valence-corrected chi connectivity index (χ1v) is 12.9. The van der Waals surface area contributed by atoms with Crippen molar-refractivity contribution in [3.05, 3.63) is 135 Å². The van der Waals surface area contributed by atoms with E-state index in [-0.39, 0.29) is 16.3 Å². The van der Waals surface area contributed by atoms with Gasteiger partial charge >= 0.3 is 17.9 Å². The molecule has 1 aromatic heterocycles. The van der Waals surface area contributed by atoms with Crippen LogP contribution in [0.25, 0.3) is 0 Å². The van der Waals surface area contributed by atoms with E-state index < -0.39 is 54.6 Å². The van der Waals surface area contributed by atoms with Gasteiger partial charge in [0.25, 0.3) is 5.56 Å². The van der Waals surface area contributed by atoms with E-state index in [0.717, 1.165) is 4.68 Å². The fourth-order valence-electron chi connectivity index (χ4n) is 4.24. The van der Waals surface area contributed by atoms with Gasteiger partial charge in [-0.2, -0.15) is 9.78 Å². The standard InChI is InChI=1S/C30H23ClN2O8/c31-23-16-17-24(34)33(32-23)27-26(41-30(37)21-14-8-3-9-15-21)25(40-29(36)20-12-6-2-7-13-20)22(39-27)18-38-28(35)19-10-4-1-5-11-19/h1-17,22,25-27H,18H2/t22-,25-,26-,27-/m1/s1. The number of rotatable bonds is 8. The van der Waals surface area contributed by atoms with E-state index in [1.807, 2.05) is 0 Å². The zero-order valence-corrected chi connectivity index (χ0v) is 22.1. The van der Waals surface area contributed by atoms with Crippen LogP contribution in [-0.2, 0) is 18.9 Å². The van der Waals surface area contributed by atoms with Gasteiger partial charge in [0.2, 0.25) is 0 Å². The van der Waals surface area contributed by atoms with Crippen molar-refractivity contribution in [1.82, 2.24) is 9.78 Å². The van der Waals surface area contributed by atoms with Gasteiger partial charge in [0.05, 0.1) is 16.7 Å². The van der Waals surface area contributed by atoms with Crippen LogP contribution in [0, 0.1) is 0 Å². The second-order valence-electron chi connectivity index (χ2n) is 8.94. The molecule has 3 aromatic carbocycles. The Kier molecular flexibility index (Phi) is 8.52. The van der Waals surface area contributed by atoms with Crippen LogP contribution >= 0.6 is 11.6 Å². The summed E-state index contributed by atoms with van der Waals surface area (Å²) in [7, 11) is 0. The molecule has 41 heavy (non-hydrogen) atoms. The number of nitrogens with zero attached hydrogens (tertiary/aromatic N) is 2. The molecule has 0 unspecified atom stereocenters. The van der Waals surface area contributed by atoms with Gasteiger partial charge in [0.15, 0.2) is 18.4 Å². The first-order chi connectivity index (χ1) is 19.9. The van der Waals surface area contributed by atoms with Crippen LogP contribution < -0.4 is 5.56 Å². The van der Waals surface area contributed by atoms with Gasteiger partial charge in [-0.1, -0.05) is 66.2 Å². The van der Waals surface area contributed by atoms with Crippen molar-refractivity contribution in [1.29, 1.82) is 0 Å².